The maximum atomic E-state index is 9.58. The maximum absolute atomic E-state index is 9.58. The van der Waals surface area contributed by atoms with Gasteiger partial charge < -0.3 is 0 Å². The van der Waals surface area contributed by atoms with Crippen LogP contribution < -0.4 is 0 Å². The quantitative estimate of drug-likeness (QED) is 0.293. The van der Waals surface area contributed by atoms with Gasteiger partial charge in [0.25, 0.3) is 0 Å². The Bertz CT molecular complexity index is 949. The number of halogens is 1. The molecule has 2 nitrogen and oxygen atoms in total. The third-order valence-electron chi connectivity index (χ3n) is 4.13. The summed E-state index contributed by atoms with van der Waals surface area (Å²) >= 11 is 3.80. The molecular weight excluding hydrogens is 451 g/mol. The zero-order valence-corrected chi connectivity index (χ0v) is 17.5. The highest BCUT2D eigenvalue weighted by Gasteiger charge is 2.10. The SMILES string of the molecule is CCCCc1ccc(-c2csc(/C(C#N)=C\c3ccccc3I)n2)cc1. The van der Waals surface area contributed by atoms with Crippen molar-refractivity contribution < 1.29 is 0 Å². The van der Waals surface area contributed by atoms with Crippen LogP contribution in [0.15, 0.2) is 53.9 Å². The minimum Gasteiger partial charge on any atom is -0.235 e. The molecule has 0 saturated carbocycles. The smallest absolute Gasteiger partial charge is 0.134 e. The van der Waals surface area contributed by atoms with E-state index in [0.717, 1.165) is 31.8 Å². The Morgan fingerprint density at radius 3 is 2.65 bits per heavy atom. The van der Waals surface area contributed by atoms with E-state index in [4.69, 9.17) is 4.98 Å². The average molecular weight is 470 g/mol. The molecule has 0 saturated heterocycles. The third-order valence-corrected chi connectivity index (χ3v) is 5.99. The fourth-order valence-corrected chi connectivity index (χ4v) is 3.98. The van der Waals surface area contributed by atoms with Crippen LogP contribution >= 0.6 is 33.9 Å². The Labute approximate surface area is 172 Å². The van der Waals surface area contributed by atoms with Gasteiger partial charge in [-0.2, -0.15) is 5.26 Å². The number of unbranched alkanes of at least 4 members (excludes halogenated alkanes) is 1. The van der Waals surface area contributed by atoms with Crippen molar-refractivity contribution in [3.63, 3.8) is 0 Å². The molecule has 1 heterocycles. The molecule has 0 atom stereocenters. The molecule has 0 N–H and O–H groups in total. The van der Waals surface area contributed by atoms with Gasteiger partial charge in [-0.15, -0.1) is 11.3 Å². The molecule has 0 fully saturated rings. The van der Waals surface area contributed by atoms with Gasteiger partial charge in [-0.05, 0) is 58.7 Å². The lowest BCUT2D eigenvalue weighted by Gasteiger charge is -2.02. The van der Waals surface area contributed by atoms with Crippen LogP contribution in [0, 0.1) is 14.9 Å². The Hall–Kier alpha value is -1.97. The zero-order valence-electron chi connectivity index (χ0n) is 14.6. The summed E-state index contributed by atoms with van der Waals surface area (Å²) in [5, 5.41) is 12.4. The van der Waals surface area contributed by atoms with E-state index in [0.29, 0.717) is 5.57 Å². The van der Waals surface area contributed by atoms with Crippen molar-refractivity contribution in [2.45, 2.75) is 26.2 Å². The summed E-state index contributed by atoms with van der Waals surface area (Å²) in [6, 6.07) is 18.9. The van der Waals surface area contributed by atoms with Gasteiger partial charge in [-0.25, -0.2) is 4.98 Å². The van der Waals surface area contributed by atoms with Crippen molar-refractivity contribution in [3.8, 4) is 17.3 Å². The predicted octanol–water partition coefficient (Wildman–Crippen LogP) is 6.82. The lowest BCUT2D eigenvalue weighted by Crippen LogP contribution is -1.86. The van der Waals surface area contributed by atoms with Gasteiger partial charge in [0, 0.05) is 14.5 Å². The number of aryl methyl sites for hydroxylation is 1. The Morgan fingerprint density at radius 1 is 1.19 bits per heavy atom. The summed E-state index contributed by atoms with van der Waals surface area (Å²) in [7, 11) is 0. The molecule has 4 heteroatoms. The fraction of sp³-hybridized carbons (Fsp3) is 0.182. The van der Waals surface area contributed by atoms with Gasteiger partial charge in [0.1, 0.15) is 11.1 Å². The van der Waals surface area contributed by atoms with Crippen LogP contribution in [-0.2, 0) is 6.42 Å². The fourth-order valence-electron chi connectivity index (χ4n) is 2.64. The molecule has 0 aliphatic rings. The number of hydrogen-bond acceptors (Lipinski definition) is 3. The number of nitriles is 1. The molecule has 0 aliphatic heterocycles. The first kappa shape index (κ1) is 18.8. The number of hydrogen-bond donors (Lipinski definition) is 0. The molecule has 0 unspecified atom stereocenters. The molecule has 26 heavy (non-hydrogen) atoms. The minimum atomic E-state index is 0.602. The van der Waals surface area contributed by atoms with Gasteiger partial charge in [-0.1, -0.05) is 55.8 Å². The lowest BCUT2D eigenvalue weighted by molar-refractivity contribution is 0.795. The van der Waals surface area contributed by atoms with E-state index in [2.05, 4.69) is 59.8 Å². The Kier molecular flexibility index (Phi) is 6.59. The minimum absolute atomic E-state index is 0.602. The second kappa shape index (κ2) is 9.11. The first-order valence-electron chi connectivity index (χ1n) is 8.63. The molecule has 2 aromatic carbocycles. The van der Waals surface area contributed by atoms with Gasteiger partial charge >= 0.3 is 0 Å². The zero-order chi connectivity index (χ0) is 18.4. The van der Waals surface area contributed by atoms with Crippen molar-refractivity contribution in [1.29, 1.82) is 5.26 Å². The molecule has 0 bridgehead atoms. The van der Waals surface area contributed by atoms with E-state index >= 15 is 0 Å². The van der Waals surface area contributed by atoms with Crippen LogP contribution in [0.1, 0.15) is 35.9 Å². The molecular formula is C22H19IN2S. The number of rotatable bonds is 6. The van der Waals surface area contributed by atoms with Gasteiger partial charge in [-0.3, -0.25) is 0 Å². The van der Waals surface area contributed by atoms with E-state index in [1.54, 1.807) is 0 Å². The van der Waals surface area contributed by atoms with Gasteiger partial charge in [0.05, 0.1) is 11.3 Å². The number of nitrogens with zero attached hydrogens (tertiary/aromatic N) is 2. The molecule has 3 rings (SSSR count). The van der Waals surface area contributed by atoms with Crippen molar-refractivity contribution in [2.24, 2.45) is 0 Å². The topological polar surface area (TPSA) is 36.7 Å². The molecule has 3 aromatic rings. The summed E-state index contributed by atoms with van der Waals surface area (Å²) < 4.78 is 1.12. The number of aromatic nitrogens is 1. The van der Waals surface area contributed by atoms with Crippen LogP contribution in [0.25, 0.3) is 22.9 Å². The largest absolute Gasteiger partial charge is 0.235 e. The number of allylic oxidation sites excluding steroid dienone is 1. The van der Waals surface area contributed by atoms with Gasteiger partial charge in [0.2, 0.25) is 0 Å². The van der Waals surface area contributed by atoms with E-state index < -0.39 is 0 Å². The summed E-state index contributed by atoms with van der Waals surface area (Å²) in [6.45, 7) is 2.21. The number of thiazole rings is 1. The monoisotopic (exact) mass is 470 g/mol. The molecule has 0 aliphatic carbocycles. The Balaban J connectivity index is 1.84. The van der Waals surface area contributed by atoms with Crippen molar-refractivity contribution in [3.05, 3.63) is 73.6 Å². The first-order chi connectivity index (χ1) is 12.7. The molecule has 1 aromatic heterocycles. The van der Waals surface area contributed by atoms with Crippen molar-refractivity contribution >= 4 is 45.6 Å². The van der Waals surface area contributed by atoms with Crippen LogP contribution in [-0.4, -0.2) is 4.98 Å². The molecule has 0 amide bonds. The summed E-state index contributed by atoms with van der Waals surface area (Å²) in [6.07, 6.45) is 5.46. The predicted molar refractivity (Wildman–Crippen MR) is 119 cm³/mol. The highest BCUT2D eigenvalue weighted by molar-refractivity contribution is 14.1. The average Bonchev–Trinajstić information content (AvgIpc) is 3.16. The van der Waals surface area contributed by atoms with Crippen LogP contribution in [0.4, 0.5) is 0 Å². The number of benzene rings is 2. The van der Waals surface area contributed by atoms with Crippen LogP contribution in [0.3, 0.4) is 0 Å². The van der Waals surface area contributed by atoms with E-state index in [1.807, 2.05) is 35.7 Å². The lowest BCUT2D eigenvalue weighted by atomic mass is 10.1. The van der Waals surface area contributed by atoms with E-state index in [-0.39, 0.29) is 0 Å². The highest BCUT2D eigenvalue weighted by Crippen LogP contribution is 2.28. The van der Waals surface area contributed by atoms with E-state index in [9.17, 15) is 5.26 Å². The van der Waals surface area contributed by atoms with E-state index in [1.165, 1.54) is 29.7 Å². The first-order valence-corrected chi connectivity index (χ1v) is 10.6. The molecule has 0 spiro atoms. The summed E-state index contributed by atoms with van der Waals surface area (Å²) in [5.74, 6) is 0. The highest BCUT2D eigenvalue weighted by atomic mass is 127. The second-order valence-corrected chi connectivity index (χ2v) is 8.05. The third kappa shape index (κ3) is 4.60. The van der Waals surface area contributed by atoms with Crippen molar-refractivity contribution in [2.75, 3.05) is 0 Å². The molecule has 0 radical (unpaired) electrons. The Morgan fingerprint density at radius 2 is 1.96 bits per heavy atom. The normalized spacial score (nSPS) is 11.3. The standard InChI is InChI=1S/C22H19IN2S/c1-2-3-6-16-9-11-17(12-10-16)21-15-26-22(25-21)19(14-24)13-18-7-4-5-8-20(18)23/h4-5,7-13,15H,2-3,6H2,1H3/b19-13-. The van der Waals surface area contributed by atoms with Gasteiger partial charge in [0.15, 0.2) is 0 Å². The maximum Gasteiger partial charge on any atom is 0.134 e. The van der Waals surface area contributed by atoms with Crippen LogP contribution in [0.5, 0.6) is 0 Å². The summed E-state index contributed by atoms with van der Waals surface area (Å²) in [5.41, 5.74) is 5.03. The summed E-state index contributed by atoms with van der Waals surface area (Å²) in [4.78, 5) is 4.69. The molecule has 130 valence electrons. The van der Waals surface area contributed by atoms with Crippen molar-refractivity contribution in [1.82, 2.24) is 4.98 Å². The van der Waals surface area contributed by atoms with Crippen LogP contribution in [0.2, 0.25) is 0 Å². The second-order valence-electron chi connectivity index (χ2n) is 6.03.